The second-order valence-corrected chi connectivity index (χ2v) is 9.31. The van der Waals surface area contributed by atoms with Crippen molar-refractivity contribution >= 4 is 21.6 Å². The van der Waals surface area contributed by atoms with Gasteiger partial charge < -0.3 is 10.1 Å². The number of aromatic nitrogens is 1. The van der Waals surface area contributed by atoms with E-state index < -0.39 is 21.4 Å². The standard InChI is InChI=1S/C20H23N3O4S/c24-19(22-16-5-4-10-21-13-16)18-14-23(15-20(18)8-11-27-12-9-20)28(25,26)17-6-2-1-3-7-17/h1-7,10,13,18H,8-9,11-12,14-15H2,(H,22,24)/t18-/m0/s1. The van der Waals surface area contributed by atoms with Crippen molar-refractivity contribution in [2.24, 2.45) is 11.3 Å². The molecule has 4 rings (SSSR count). The van der Waals surface area contributed by atoms with E-state index in [1.165, 1.54) is 4.31 Å². The Balaban J connectivity index is 1.62. The number of nitrogens with zero attached hydrogens (tertiary/aromatic N) is 2. The number of hydrogen-bond donors (Lipinski definition) is 1. The fraction of sp³-hybridized carbons (Fsp3) is 0.400. The summed E-state index contributed by atoms with van der Waals surface area (Å²) < 4.78 is 33.2. The highest BCUT2D eigenvalue weighted by molar-refractivity contribution is 7.89. The van der Waals surface area contributed by atoms with E-state index >= 15 is 0 Å². The van der Waals surface area contributed by atoms with Crippen LogP contribution in [0.15, 0.2) is 59.8 Å². The third-order valence-electron chi connectivity index (χ3n) is 5.73. The van der Waals surface area contributed by atoms with Gasteiger partial charge in [-0.05, 0) is 37.1 Å². The predicted molar refractivity (Wildman–Crippen MR) is 104 cm³/mol. The number of benzene rings is 1. The molecule has 0 unspecified atom stereocenters. The van der Waals surface area contributed by atoms with E-state index in [2.05, 4.69) is 10.3 Å². The number of anilines is 1. The van der Waals surface area contributed by atoms with Crippen LogP contribution in [-0.4, -0.2) is 49.9 Å². The summed E-state index contributed by atoms with van der Waals surface area (Å²) in [6, 6.07) is 11.9. The molecule has 1 N–H and O–H groups in total. The zero-order valence-electron chi connectivity index (χ0n) is 15.5. The Kier molecular flexibility index (Phi) is 5.18. The Hall–Kier alpha value is -2.29. The van der Waals surface area contributed by atoms with E-state index in [0.717, 1.165) is 0 Å². The van der Waals surface area contributed by atoms with E-state index in [4.69, 9.17) is 4.74 Å². The van der Waals surface area contributed by atoms with Gasteiger partial charge in [0.15, 0.2) is 0 Å². The first-order chi connectivity index (χ1) is 13.5. The van der Waals surface area contributed by atoms with Gasteiger partial charge in [0.2, 0.25) is 15.9 Å². The van der Waals surface area contributed by atoms with Gasteiger partial charge in [-0.25, -0.2) is 8.42 Å². The molecule has 1 spiro atoms. The van der Waals surface area contributed by atoms with E-state index in [-0.39, 0.29) is 17.3 Å². The summed E-state index contributed by atoms with van der Waals surface area (Å²) in [6.07, 6.45) is 4.55. The molecule has 28 heavy (non-hydrogen) atoms. The SMILES string of the molecule is O=C(Nc1cccnc1)[C@@H]1CN(S(=O)(=O)c2ccccc2)CC12CCOCC2. The molecule has 8 heteroatoms. The molecule has 148 valence electrons. The molecule has 0 aliphatic carbocycles. The fourth-order valence-electron chi connectivity index (χ4n) is 4.16. The number of rotatable bonds is 4. The summed E-state index contributed by atoms with van der Waals surface area (Å²) in [4.78, 5) is 17.4. The molecule has 1 aromatic carbocycles. The summed E-state index contributed by atoms with van der Waals surface area (Å²) in [5.41, 5.74) is 0.200. The molecule has 2 fully saturated rings. The summed E-state index contributed by atoms with van der Waals surface area (Å²) >= 11 is 0. The number of carbonyl (C=O) groups is 1. The molecular formula is C20H23N3O4S. The van der Waals surface area contributed by atoms with E-state index in [1.807, 2.05) is 0 Å². The van der Waals surface area contributed by atoms with Crippen LogP contribution in [0.5, 0.6) is 0 Å². The van der Waals surface area contributed by atoms with Crippen molar-refractivity contribution < 1.29 is 17.9 Å². The average Bonchev–Trinajstić information content (AvgIpc) is 3.09. The summed E-state index contributed by atoms with van der Waals surface area (Å²) in [6.45, 7) is 1.58. The molecule has 0 saturated carbocycles. The van der Waals surface area contributed by atoms with Gasteiger partial charge in [-0.15, -0.1) is 0 Å². The van der Waals surface area contributed by atoms with E-state index in [0.29, 0.717) is 38.3 Å². The second-order valence-electron chi connectivity index (χ2n) is 7.37. The first-order valence-corrected chi connectivity index (χ1v) is 10.8. The Morgan fingerprint density at radius 2 is 1.89 bits per heavy atom. The maximum Gasteiger partial charge on any atom is 0.243 e. The number of nitrogens with one attached hydrogen (secondary N) is 1. The number of sulfonamides is 1. The first-order valence-electron chi connectivity index (χ1n) is 9.35. The molecular weight excluding hydrogens is 378 g/mol. The molecule has 1 aromatic heterocycles. The maximum atomic E-state index is 13.1. The smallest absolute Gasteiger partial charge is 0.243 e. The van der Waals surface area contributed by atoms with Gasteiger partial charge in [0.05, 0.1) is 22.7 Å². The van der Waals surface area contributed by atoms with Crippen LogP contribution in [0.1, 0.15) is 12.8 Å². The summed E-state index contributed by atoms with van der Waals surface area (Å²) in [7, 11) is -3.65. The average molecular weight is 401 g/mol. The van der Waals surface area contributed by atoms with Crippen LogP contribution in [0, 0.1) is 11.3 Å². The number of ether oxygens (including phenoxy) is 1. The van der Waals surface area contributed by atoms with Crippen molar-refractivity contribution in [1.82, 2.24) is 9.29 Å². The molecule has 1 amide bonds. The third-order valence-corrected chi connectivity index (χ3v) is 7.56. The third kappa shape index (κ3) is 3.55. The lowest BCUT2D eigenvalue weighted by Crippen LogP contribution is -2.42. The minimum Gasteiger partial charge on any atom is -0.381 e. The van der Waals surface area contributed by atoms with Gasteiger partial charge in [-0.2, -0.15) is 4.31 Å². The largest absolute Gasteiger partial charge is 0.381 e. The second kappa shape index (κ2) is 7.62. The Morgan fingerprint density at radius 1 is 1.14 bits per heavy atom. The lowest BCUT2D eigenvalue weighted by molar-refractivity contribution is -0.124. The summed E-state index contributed by atoms with van der Waals surface area (Å²) in [5, 5.41) is 2.90. The highest BCUT2D eigenvalue weighted by Gasteiger charge is 2.53. The molecule has 2 aliphatic heterocycles. The molecule has 1 atom stereocenters. The Bertz CT molecular complexity index is 928. The van der Waals surface area contributed by atoms with Crippen LogP contribution >= 0.6 is 0 Å². The zero-order chi connectivity index (χ0) is 19.6. The van der Waals surface area contributed by atoms with Crippen molar-refractivity contribution in [2.45, 2.75) is 17.7 Å². The van der Waals surface area contributed by atoms with Crippen molar-refractivity contribution in [3.63, 3.8) is 0 Å². The van der Waals surface area contributed by atoms with Gasteiger partial charge in [0, 0.05) is 37.9 Å². The molecule has 2 aliphatic rings. The number of hydrogen-bond acceptors (Lipinski definition) is 5. The molecule has 0 bridgehead atoms. The van der Waals surface area contributed by atoms with Crippen molar-refractivity contribution in [2.75, 3.05) is 31.6 Å². The van der Waals surface area contributed by atoms with Crippen LogP contribution in [-0.2, 0) is 19.6 Å². The minimum atomic E-state index is -3.65. The van der Waals surface area contributed by atoms with Crippen LogP contribution in [0.2, 0.25) is 0 Å². The topological polar surface area (TPSA) is 88.6 Å². The van der Waals surface area contributed by atoms with Crippen LogP contribution in [0.4, 0.5) is 5.69 Å². The highest BCUT2D eigenvalue weighted by atomic mass is 32.2. The normalized spacial score (nSPS) is 22.2. The lowest BCUT2D eigenvalue weighted by atomic mass is 9.72. The van der Waals surface area contributed by atoms with Crippen molar-refractivity contribution in [3.05, 3.63) is 54.9 Å². The number of pyridine rings is 1. The summed E-state index contributed by atoms with van der Waals surface area (Å²) in [5.74, 6) is -0.601. The molecule has 7 nitrogen and oxygen atoms in total. The monoisotopic (exact) mass is 401 g/mol. The van der Waals surface area contributed by atoms with Gasteiger partial charge in [-0.3, -0.25) is 9.78 Å². The van der Waals surface area contributed by atoms with Gasteiger partial charge >= 0.3 is 0 Å². The lowest BCUT2D eigenvalue weighted by Gasteiger charge is -2.37. The quantitative estimate of drug-likeness (QED) is 0.848. The van der Waals surface area contributed by atoms with Crippen molar-refractivity contribution in [1.29, 1.82) is 0 Å². The molecule has 2 aromatic rings. The Morgan fingerprint density at radius 3 is 2.57 bits per heavy atom. The highest BCUT2D eigenvalue weighted by Crippen LogP contribution is 2.46. The molecule has 0 radical (unpaired) electrons. The van der Waals surface area contributed by atoms with Crippen LogP contribution < -0.4 is 5.32 Å². The van der Waals surface area contributed by atoms with Gasteiger partial charge in [0.1, 0.15) is 0 Å². The maximum absolute atomic E-state index is 13.1. The number of amides is 1. The number of carbonyl (C=O) groups excluding carboxylic acids is 1. The fourth-order valence-corrected chi connectivity index (χ4v) is 5.73. The van der Waals surface area contributed by atoms with Gasteiger partial charge in [-0.1, -0.05) is 18.2 Å². The first kappa shape index (κ1) is 19.0. The minimum absolute atomic E-state index is 0.166. The van der Waals surface area contributed by atoms with Crippen LogP contribution in [0.3, 0.4) is 0 Å². The Labute approximate surface area is 164 Å². The van der Waals surface area contributed by atoms with Crippen molar-refractivity contribution in [3.8, 4) is 0 Å². The van der Waals surface area contributed by atoms with Gasteiger partial charge in [0.25, 0.3) is 0 Å². The van der Waals surface area contributed by atoms with Crippen LogP contribution in [0.25, 0.3) is 0 Å². The van der Waals surface area contributed by atoms with E-state index in [9.17, 15) is 13.2 Å². The molecule has 2 saturated heterocycles. The zero-order valence-corrected chi connectivity index (χ0v) is 16.3. The predicted octanol–water partition coefficient (Wildman–Crippen LogP) is 2.14. The van der Waals surface area contributed by atoms with E-state index in [1.54, 1.807) is 54.9 Å². The molecule has 3 heterocycles.